The first-order valence-electron chi connectivity index (χ1n) is 12.1. The summed E-state index contributed by atoms with van der Waals surface area (Å²) in [4.78, 5) is 14.8. The van der Waals surface area contributed by atoms with E-state index in [2.05, 4.69) is 0 Å². The minimum atomic E-state index is -2.62. The van der Waals surface area contributed by atoms with Gasteiger partial charge in [-0.25, -0.2) is 13.2 Å². The maximum absolute atomic E-state index is 13.9. The molecule has 2 heterocycles. The van der Waals surface area contributed by atoms with Crippen LogP contribution in [0.5, 0.6) is 11.5 Å². The van der Waals surface area contributed by atoms with Crippen molar-refractivity contribution in [1.29, 1.82) is 0 Å². The lowest BCUT2D eigenvalue weighted by molar-refractivity contribution is -0.119. The number of fused-ring (bicyclic) bond motifs is 1. The van der Waals surface area contributed by atoms with Gasteiger partial charge in [0.1, 0.15) is 24.3 Å². The van der Waals surface area contributed by atoms with Crippen LogP contribution >= 0.6 is 0 Å². The lowest BCUT2D eigenvalue weighted by atomic mass is 9.82. The predicted molar refractivity (Wildman–Crippen MR) is 116 cm³/mol. The molecule has 5 rings (SSSR count). The number of carbonyl (C=O) groups is 1. The zero-order valence-corrected chi connectivity index (χ0v) is 18.6. The number of piperidine rings is 1. The molecule has 3 aliphatic rings. The lowest BCUT2D eigenvalue weighted by Crippen LogP contribution is -2.53. The Morgan fingerprint density at radius 3 is 2.79 bits per heavy atom. The van der Waals surface area contributed by atoms with Crippen molar-refractivity contribution >= 4 is 5.91 Å². The summed E-state index contributed by atoms with van der Waals surface area (Å²) in [7, 11) is 1.42. The van der Waals surface area contributed by atoms with E-state index in [1.165, 1.54) is 36.3 Å². The second-order valence-corrected chi connectivity index (χ2v) is 9.00. The van der Waals surface area contributed by atoms with Crippen molar-refractivity contribution in [3.63, 3.8) is 0 Å². The van der Waals surface area contributed by atoms with E-state index < -0.39 is 30.2 Å². The van der Waals surface area contributed by atoms with Crippen molar-refractivity contribution in [1.82, 2.24) is 4.90 Å². The molecule has 2 aliphatic heterocycles. The van der Waals surface area contributed by atoms with Crippen LogP contribution in [0.1, 0.15) is 37.9 Å². The lowest BCUT2D eigenvalue weighted by Gasteiger charge is -2.42. The molecule has 1 saturated carbocycles. The Balaban J connectivity index is 1.30. The molecule has 0 N–H and O–H groups in total. The Hall–Kier alpha value is -2.78. The third-order valence-corrected chi connectivity index (χ3v) is 6.73. The highest BCUT2D eigenvalue weighted by molar-refractivity contribution is 5.95. The number of carbonyl (C=O) groups excluding carboxylic acids is 1. The smallest absolute Gasteiger partial charge is 0.254 e. The van der Waals surface area contributed by atoms with Gasteiger partial charge in [0.15, 0.2) is 11.5 Å². The maximum atomic E-state index is 13.9. The fraction of sp³-hybridized carbons (Fsp3) is 0.480. The summed E-state index contributed by atoms with van der Waals surface area (Å²) in [6.45, 7) is -2.00. The van der Waals surface area contributed by atoms with Crippen molar-refractivity contribution in [3.05, 3.63) is 59.4 Å². The van der Waals surface area contributed by atoms with Crippen LogP contribution in [-0.4, -0.2) is 56.4 Å². The Morgan fingerprint density at radius 1 is 1.24 bits per heavy atom. The molecule has 2 saturated heterocycles. The van der Waals surface area contributed by atoms with Gasteiger partial charge < -0.3 is 23.8 Å². The van der Waals surface area contributed by atoms with Gasteiger partial charge in [-0.1, -0.05) is 12.1 Å². The zero-order chi connectivity index (χ0) is 25.7. The molecule has 1 amide bonds. The van der Waals surface area contributed by atoms with Gasteiger partial charge in [-0.15, -0.1) is 0 Å². The average molecular weight is 479 g/mol. The van der Waals surface area contributed by atoms with Crippen molar-refractivity contribution in [2.45, 2.75) is 36.9 Å². The van der Waals surface area contributed by atoms with Crippen molar-refractivity contribution in [2.24, 2.45) is 5.92 Å². The van der Waals surface area contributed by atoms with Crippen LogP contribution in [0.25, 0.3) is 0 Å². The number of benzene rings is 2. The molecule has 34 heavy (non-hydrogen) atoms. The van der Waals surface area contributed by atoms with Gasteiger partial charge >= 0.3 is 0 Å². The number of amides is 1. The summed E-state index contributed by atoms with van der Waals surface area (Å²) in [5.74, 6) is -3.00. The number of hydrogen-bond acceptors (Lipinski definition) is 5. The number of ether oxygens (including phenoxy) is 4. The molecule has 1 aliphatic carbocycles. The van der Waals surface area contributed by atoms with E-state index in [1.54, 1.807) is 18.2 Å². The molecule has 6 nitrogen and oxygen atoms in total. The number of rotatable bonds is 6. The van der Waals surface area contributed by atoms with Crippen LogP contribution < -0.4 is 9.47 Å². The van der Waals surface area contributed by atoms with Gasteiger partial charge in [0, 0.05) is 37.3 Å². The summed E-state index contributed by atoms with van der Waals surface area (Å²) in [6, 6.07) is 10.4. The monoisotopic (exact) mass is 479 g/mol. The highest BCUT2D eigenvalue weighted by atomic mass is 19.3. The molecule has 0 spiro atoms. The zero-order valence-electron chi connectivity index (χ0n) is 20.6. The van der Waals surface area contributed by atoms with Gasteiger partial charge in [-0.05, 0) is 35.9 Å². The van der Waals surface area contributed by atoms with Crippen molar-refractivity contribution < 1.29 is 39.7 Å². The molecular formula is C25H26F3NO5. The van der Waals surface area contributed by atoms with Gasteiger partial charge in [0.2, 0.25) is 5.92 Å². The molecule has 2 atom stereocenters. The summed E-state index contributed by atoms with van der Waals surface area (Å²) in [6.07, 6.45) is -1.06. The minimum Gasteiger partial charge on any atom is -0.493 e. The van der Waals surface area contributed by atoms with Crippen LogP contribution in [0, 0.1) is 11.7 Å². The molecule has 0 bridgehead atoms. The van der Waals surface area contributed by atoms with E-state index in [0.717, 1.165) is 0 Å². The van der Waals surface area contributed by atoms with Crippen LogP contribution in [0.2, 0.25) is 0 Å². The first-order chi connectivity index (χ1) is 17.0. The minimum absolute atomic E-state index is 0.0331. The second kappa shape index (κ2) is 8.78. The van der Waals surface area contributed by atoms with Crippen molar-refractivity contribution in [3.8, 4) is 11.5 Å². The molecular weight excluding hydrogens is 451 g/mol. The number of likely N-dealkylation sites (tertiary alicyclic amines) is 1. The Bertz CT molecular complexity index is 1160. The second-order valence-electron chi connectivity index (χ2n) is 9.00. The topological polar surface area (TPSA) is 57.2 Å². The first-order valence-corrected chi connectivity index (χ1v) is 11.1. The van der Waals surface area contributed by atoms with E-state index in [4.69, 9.17) is 21.7 Å². The van der Waals surface area contributed by atoms with Crippen LogP contribution in [0.15, 0.2) is 42.5 Å². The number of alkyl halides is 2. The highest BCUT2D eigenvalue weighted by Gasteiger charge is 2.51. The number of halogens is 3. The number of methoxy groups -OCH3 is 1. The van der Waals surface area contributed by atoms with E-state index in [0.29, 0.717) is 22.6 Å². The summed E-state index contributed by atoms with van der Waals surface area (Å²) < 4.78 is 78.2. The maximum Gasteiger partial charge on any atom is 0.254 e. The molecule has 2 aromatic rings. The van der Waals surface area contributed by atoms with Gasteiger partial charge in [0.25, 0.3) is 5.91 Å². The molecule has 9 heteroatoms. The van der Waals surface area contributed by atoms with E-state index >= 15 is 0 Å². The Morgan fingerprint density at radius 2 is 2.06 bits per heavy atom. The third kappa shape index (κ3) is 4.22. The van der Waals surface area contributed by atoms with Crippen LogP contribution in [-0.2, 0) is 15.1 Å². The van der Waals surface area contributed by atoms with E-state index in [9.17, 15) is 18.0 Å². The summed E-state index contributed by atoms with van der Waals surface area (Å²) >= 11 is 0. The predicted octanol–water partition coefficient (Wildman–Crippen LogP) is 4.37. The third-order valence-electron chi connectivity index (χ3n) is 6.73. The average Bonchev–Trinajstić information content (AvgIpc) is 3.11. The van der Waals surface area contributed by atoms with Crippen molar-refractivity contribution in [2.75, 3.05) is 33.6 Å². The highest BCUT2D eigenvalue weighted by Crippen LogP contribution is 2.44. The van der Waals surface area contributed by atoms with E-state index in [-0.39, 0.29) is 50.8 Å². The quantitative estimate of drug-likeness (QED) is 0.616. The fourth-order valence-electron chi connectivity index (χ4n) is 4.84. The molecule has 0 aromatic heterocycles. The van der Waals surface area contributed by atoms with E-state index in [1.807, 2.05) is 0 Å². The standard InChI is InChI=1S/C25H26F3NO5/c1-31-21-9-17(5-6-20(21)32-14-16-11-24(27,28)12-16)23(30)29-8-7-25(22(13-29)33-15-34-25)18-3-2-4-19(26)10-18/h2-6,9-10,16,22H,7-8,11-15H2,1H3/t22?,25-/m1/s1/i15D2. The molecule has 3 fully saturated rings. The molecule has 1 unspecified atom stereocenters. The van der Waals surface area contributed by atoms with Gasteiger partial charge in [-0.2, -0.15) is 0 Å². The number of hydrogen-bond donors (Lipinski definition) is 0. The molecule has 2 aromatic carbocycles. The SMILES string of the molecule is [2H]C1([2H])OC2CN(C(=O)c3ccc(OCC4CC(F)(F)C4)c(OC)c3)CC[C@]2(c2cccc(F)c2)O1. The normalized spacial score (nSPS) is 28.4. The summed E-state index contributed by atoms with van der Waals surface area (Å²) in [5.41, 5.74) is -0.459. The van der Waals surface area contributed by atoms with Gasteiger partial charge in [-0.3, -0.25) is 4.79 Å². The molecule has 0 radical (unpaired) electrons. The van der Waals surface area contributed by atoms with Crippen LogP contribution in [0.3, 0.4) is 0 Å². The Kier molecular flexibility index (Phi) is 5.31. The largest absolute Gasteiger partial charge is 0.493 e. The molecule has 182 valence electrons. The first kappa shape index (κ1) is 20.6. The van der Waals surface area contributed by atoms with Gasteiger partial charge in [0.05, 0.1) is 23.0 Å². The number of nitrogens with zero attached hydrogens (tertiary/aromatic N) is 1. The Labute approximate surface area is 198 Å². The summed E-state index contributed by atoms with van der Waals surface area (Å²) in [5, 5.41) is 0. The van der Waals surface area contributed by atoms with Crippen LogP contribution in [0.4, 0.5) is 13.2 Å². The fourth-order valence-corrected chi connectivity index (χ4v) is 4.84.